The number of aryl methyl sites for hydroxylation is 2. The van der Waals surface area contributed by atoms with Crippen molar-refractivity contribution in [3.8, 4) is 5.75 Å². The Labute approximate surface area is 242 Å². The second-order valence-corrected chi connectivity index (χ2v) is 11.3. The van der Waals surface area contributed by atoms with Crippen molar-refractivity contribution in [3.05, 3.63) is 77.9 Å². The minimum atomic E-state index is -4.80. The average molecular weight is 563 g/mol. The number of phenolic OH excluding ortho intramolecular Hbond substituents is 1. The van der Waals surface area contributed by atoms with E-state index >= 15 is 0 Å². The first-order valence-corrected chi connectivity index (χ1v) is 13.9. The van der Waals surface area contributed by atoms with Gasteiger partial charge in [-0.15, -0.1) is 5.11 Å². The zero-order valence-corrected chi connectivity index (χ0v) is 24.5. The van der Waals surface area contributed by atoms with E-state index in [1.54, 1.807) is 31.2 Å². The normalized spacial score (nSPS) is 12.0. The number of benzene rings is 4. The fraction of sp³-hybridized carbons (Fsp3) is 0.120. The Hall–Kier alpha value is -3.00. The molecule has 0 unspecified atom stereocenters. The van der Waals surface area contributed by atoms with Crippen molar-refractivity contribution >= 4 is 53.7 Å². The number of nitrogens with two attached hydrogens (primary N) is 1. The average Bonchev–Trinajstić information content (AvgIpc) is 2.83. The molecule has 192 valence electrons. The molecule has 0 aliphatic rings. The van der Waals surface area contributed by atoms with Crippen LogP contribution in [0.5, 0.6) is 5.75 Å². The summed E-state index contributed by atoms with van der Waals surface area (Å²) in [5, 5.41) is 19.0. The van der Waals surface area contributed by atoms with Crippen molar-refractivity contribution in [2.45, 2.75) is 30.1 Å². The number of hydrogen-bond acceptors (Lipinski definition) is 9. The van der Waals surface area contributed by atoms with Gasteiger partial charge in [0.05, 0.1) is 32.2 Å². The summed E-state index contributed by atoms with van der Waals surface area (Å²) < 4.78 is 63.2. The third-order valence-corrected chi connectivity index (χ3v) is 8.05. The summed E-state index contributed by atoms with van der Waals surface area (Å²) >= 11 is 0. The third kappa shape index (κ3) is 6.17. The number of phenols is 1. The van der Waals surface area contributed by atoms with E-state index in [0.717, 1.165) is 17.7 Å². The van der Waals surface area contributed by atoms with E-state index in [4.69, 9.17) is 5.73 Å². The minimum Gasteiger partial charge on any atom is -0.744 e. The van der Waals surface area contributed by atoms with E-state index in [1.165, 1.54) is 18.2 Å². The molecule has 0 saturated heterocycles. The molecule has 0 heterocycles. The van der Waals surface area contributed by atoms with E-state index in [2.05, 4.69) is 15.0 Å². The molecule has 4 rings (SSSR count). The van der Waals surface area contributed by atoms with Crippen LogP contribution in [0.3, 0.4) is 0 Å². The number of para-hydroxylation sites is 1. The Morgan fingerprint density at radius 1 is 0.974 bits per heavy atom. The van der Waals surface area contributed by atoms with E-state index in [9.17, 15) is 26.5 Å². The first-order chi connectivity index (χ1) is 17.4. The standard InChI is InChI=1S/C25H24N4O6S2.Na/c1-3-16-6-4-5-7-21(16)29-36(31,32)23-13-18(10-8-15(23)2)27-28-25-20(26)11-9-17-12-19(37(33,34)35)14-22(30)24(17)25;/h4-14,29-30H,3,26H2,1-2H3,(H,33,34,35);/q;+1/p-1. The maximum absolute atomic E-state index is 13.2. The molecule has 0 spiro atoms. The van der Waals surface area contributed by atoms with Gasteiger partial charge in [0.15, 0.2) is 0 Å². The number of azo groups is 1. The summed E-state index contributed by atoms with van der Waals surface area (Å²) in [6.45, 7) is 3.58. The van der Waals surface area contributed by atoms with Gasteiger partial charge in [-0.2, -0.15) is 5.11 Å². The summed E-state index contributed by atoms with van der Waals surface area (Å²) in [6.07, 6.45) is 0.646. The maximum atomic E-state index is 13.2. The monoisotopic (exact) mass is 562 g/mol. The van der Waals surface area contributed by atoms with Gasteiger partial charge >= 0.3 is 29.6 Å². The fourth-order valence-corrected chi connectivity index (χ4v) is 5.74. The number of fused-ring (bicyclic) bond motifs is 1. The van der Waals surface area contributed by atoms with E-state index in [-0.39, 0.29) is 62.3 Å². The number of sulfonamides is 1. The third-order valence-electron chi connectivity index (χ3n) is 5.73. The molecular formula is C25H23N4NaO6S2. The van der Waals surface area contributed by atoms with Crippen LogP contribution in [0.25, 0.3) is 10.8 Å². The number of anilines is 2. The molecule has 0 saturated carbocycles. The summed E-state index contributed by atoms with van der Waals surface area (Å²) in [4.78, 5) is -0.593. The van der Waals surface area contributed by atoms with Gasteiger partial charge in [-0.3, -0.25) is 4.72 Å². The van der Waals surface area contributed by atoms with Crippen LogP contribution < -0.4 is 40.0 Å². The van der Waals surface area contributed by atoms with Crippen molar-refractivity contribution in [2.24, 2.45) is 10.2 Å². The van der Waals surface area contributed by atoms with Crippen LogP contribution in [-0.4, -0.2) is 26.5 Å². The zero-order chi connectivity index (χ0) is 27.0. The van der Waals surface area contributed by atoms with Crippen molar-refractivity contribution in [3.63, 3.8) is 0 Å². The largest absolute Gasteiger partial charge is 1.00 e. The van der Waals surface area contributed by atoms with Crippen molar-refractivity contribution in [1.82, 2.24) is 0 Å². The molecule has 13 heteroatoms. The number of nitrogens with zero attached hydrogens (tertiary/aromatic N) is 2. The minimum absolute atomic E-state index is 0. The molecule has 0 bridgehead atoms. The molecule has 4 aromatic carbocycles. The van der Waals surface area contributed by atoms with Gasteiger partial charge in [0, 0.05) is 0 Å². The molecule has 38 heavy (non-hydrogen) atoms. The quantitative estimate of drug-likeness (QED) is 0.134. The SMILES string of the molecule is CCc1ccccc1NS(=O)(=O)c1cc(N=Nc2c(N)ccc3cc(S(=O)(=O)[O-])cc(O)c23)ccc1C.[Na+]. The van der Waals surface area contributed by atoms with Gasteiger partial charge in [0.25, 0.3) is 10.0 Å². The number of nitrogen functional groups attached to an aromatic ring is 1. The summed E-state index contributed by atoms with van der Waals surface area (Å²) in [5.74, 6) is -0.515. The number of nitrogens with one attached hydrogen (secondary N) is 1. The van der Waals surface area contributed by atoms with Gasteiger partial charge in [0.1, 0.15) is 21.6 Å². The Bertz CT molecular complexity index is 1770. The first kappa shape index (κ1) is 29.6. The van der Waals surface area contributed by atoms with Gasteiger partial charge < -0.3 is 15.4 Å². The van der Waals surface area contributed by atoms with Crippen LogP contribution in [0, 0.1) is 6.92 Å². The smallest absolute Gasteiger partial charge is 0.744 e. The topological polar surface area (TPSA) is 174 Å². The van der Waals surface area contributed by atoms with Crippen LogP contribution in [0.2, 0.25) is 0 Å². The van der Waals surface area contributed by atoms with Crippen LogP contribution in [0.1, 0.15) is 18.1 Å². The van der Waals surface area contributed by atoms with Gasteiger partial charge in [-0.05, 0) is 66.3 Å². The predicted octanol–water partition coefficient (Wildman–Crippen LogP) is 2.12. The number of aromatic hydroxyl groups is 1. The Morgan fingerprint density at radius 3 is 2.37 bits per heavy atom. The van der Waals surface area contributed by atoms with Crippen LogP contribution >= 0.6 is 0 Å². The van der Waals surface area contributed by atoms with Crippen LogP contribution in [0.4, 0.5) is 22.7 Å². The molecular weight excluding hydrogens is 539 g/mol. The Morgan fingerprint density at radius 2 is 1.68 bits per heavy atom. The zero-order valence-electron chi connectivity index (χ0n) is 20.8. The number of hydrogen-bond donors (Lipinski definition) is 3. The fourth-order valence-electron chi connectivity index (χ4n) is 3.84. The van der Waals surface area contributed by atoms with Crippen LogP contribution in [-0.2, 0) is 26.6 Å². The van der Waals surface area contributed by atoms with Gasteiger partial charge in [-0.1, -0.05) is 37.3 Å². The summed E-state index contributed by atoms with van der Waals surface area (Å²) in [5.41, 5.74) is 8.21. The maximum Gasteiger partial charge on any atom is 1.00 e. The van der Waals surface area contributed by atoms with Crippen molar-refractivity contribution in [2.75, 3.05) is 10.5 Å². The Balaban J connectivity index is 0.00000400. The Kier molecular flexibility index (Phi) is 8.86. The molecule has 0 atom stereocenters. The molecule has 0 amide bonds. The van der Waals surface area contributed by atoms with Crippen molar-refractivity contribution < 1.29 is 56.1 Å². The van der Waals surface area contributed by atoms with E-state index in [1.807, 2.05) is 19.1 Å². The van der Waals surface area contributed by atoms with E-state index < -0.39 is 30.8 Å². The molecule has 4 N–H and O–H groups in total. The number of rotatable bonds is 7. The molecule has 0 fully saturated rings. The van der Waals surface area contributed by atoms with Gasteiger partial charge in [0.2, 0.25) is 0 Å². The molecule has 10 nitrogen and oxygen atoms in total. The van der Waals surface area contributed by atoms with Crippen molar-refractivity contribution in [1.29, 1.82) is 0 Å². The van der Waals surface area contributed by atoms with Gasteiger partial charge in [-0.25, -0.2) is 16.8 Å². The molecule has 0 radical (unpaired) electrons. The molecule has 0 aliphatic heterocycles. The molecule has 0 aromatic heterocycles. The first-order valence-electron chi connectivity index (χ1n) is 11.0. The predicted molar refractivity (Wildman–Crippen MR) is 140 cm³/mol. The molecule has 0 aliphatic carbocycles. The summed E-state index contributed by atoms with van der Waals surface area (Å²) in [6, 6.07) is 16.4. The van der Waals surface area contributed by atoms with Crippen LogP contribution in [0.15, 0.2) is 86.7 Å². The summed E-state index contributed by atoms with van der Waals surface area (Å²) in [7, 11) is -8.76. The molecule has 4 aromatic rings. The van der Waals surface area contributed by atoms with E-state index in [0.29, 0.717) is 17.7 Å². The second kappa shape index (κ2) is 11.4. The second-order valence-electron chi connectivity index (χ2n) is 8.26.